The lowest BCUT2D eigenvalue weighted by Gasteiger charge is -2.15. The highest BCUT2D eigenvalue weighted by molar-refractivity contribution is 7.10. The predicted octanol–water partition coefficient (Wildman–Crippen LogP) is 3.42. The number of hydrazine groups is 1. The highest BCUT2D eigenvalue weighted by atomic mass is 32.1. The minimum absolute atomic E-state index is 0.0937. The van der Waals surface area contributed by atoms with E-state index >= 15 is 0 Å². The molecule has 1 atom stereocenters. The van der Waals surface area contributed by atoms with Gasteiger partial charge >= 0.3 is 0 Å². The van der Waals surface area contributed by atoms with E-state index in [9.17, 15) is 0 Å². The van der Waals surface area contributed by atoms with Crippen molar-refractivity contribution >= 4 is 11.3 Å². The Hall–Kier alpha value is -1.16. The number of hydrogen-bond acceptors (Lipinski definition) is 3. The predicted molar refractivity (Wildman–Crippen MR) is 74.0 cm³/mol. The maximum Gasteiger partial charge on any atom is 0.0802 e. The Morgan fingerprint density at radius 1 is 1.06 bits per heavy atom. The summed E-state index contributed by atoms with van der Waals surface area (Å²) in [5, 5.41) is 2.07. The van der Waals surface area contributed by atoms with E-state index in [1.54, 1.807) is 11.3 Å². The van der Waals surface area contributed by atoms with Gasteiger partial charge in [-0.1, -0.05) is 44.2 Å². The van der Waals surface area contributed by atoms with Gasteiger partial charge in [0.2, 0.25) is 0 Å². The molecule has 0 aliphatic rings. The number of nitrogens with two attached hydrogens (primary N) is 1. The quantitative estimate of drug-likeness (QED) is 0.641. The van der Waals surface area contributed by atoms with Gasteiger partial charge in [0.15, 0.2) is 0 Å². The third kappa shape index (κ3) is 2.75. The molecule has 0 amide bonds. The molecule has 17 heavy (non-hydrogen) atoms. The van der Waals surface area contributed by atoms with Crippen LogP contribution in [0.2, 0.25) is 0 Å². The minimum atomic E-state index is 0.0937. The second-order valence-electron chi connectivity index (χ2n) is 4.44. The zero-order valence-corrected chi connectivity index (χ0v) is 11.0. The Balaban J connectivity index is 2.26. The van der Waals surface area contributed by atoms with Gasteiger partial charge in [0, 0.05) is 4.88 Å². The molecule has 2 aromatic rings. The van der Waals surface area contributed by atoms with E-state index < -0.39 is 0 Å². The topological polar surface area (TPSA) is 38.0 Å². The molecule has 0 aliphatic carbocycles. The van der Waals surface area contributed by atoms with Crippen LogP contribution in [0.4, 0.5) is 0 Å². The zero-order chi connectivity index (χ0) is 12.3. The van der Waals surface area contributed by atoms with Crippen LogP contribution in [0.5, 0.6) is 0 Å². The molecule has 3 heteroatoms. The van der Waals surface area contributed by atoms with E-state index in [1.165, 1.54) is 16.0 Å². The van der Waals surface area contributed by atoms with Crippen LogP contribution in [0.25, 0.3) is 0 Å². The Morgan fingerprint density at radius 2 is 1.71 bits per heavy atom. The molecule has 0 bridgehead atoms. The van der Waals surface area contributed by atoms with Gasteiger partial charge in [-0.3, -0.25) is 5.84 Å². The van der Waals surface area contributed by atoms with Crippen LogP contribution in [-0.2, 0) is 0 Å². The highest BCUT2D eigenvalue weighted by Gasteiger charge is 2.13. The molecule has 1 heterocycles. The van der Waals surface area contributed by atoms with Crippen molar-refractivity contribution in [1.29, 1.82) is 0 Å². The van der Waals surface area contributed by atoms with Crippen molar-refractivity contribution in [2.75, 3.05) is 0 Å². The van der Waals surface area contributed by atoms with Gasteiger partial charge in [-0.25, -0.2) is 5.43 Å². The van der Waals surface area contributed by atoms with Gasteiger partial charge in [-0.2, -0.15) is 0 Å². The van der Waals surface area contributed by atoms with Crippen molar-refractivity contribution in [3.05, 3.63) is 57.8 Å². The standard InChI is InChI=1S/C14H18N2S/c1-10(2)11-5-7-12(8-6-11)14(16-15)13-4-3-9-17-13/h3-10,14,16H,15H2,1-2H3. The van der Waals surface area contributed by atoms with E-state index in [0.717, 1.165) is 0 Å². The van der Waals surface area contributed by atoms with E-state index in [1.807, 2.05) is 6.07 Å². The average Bonchev–Trinajstić information content (AvgIpc) is 2.84. The first-order valence-corrected chi connectivity index (χ1v) is 6.69. The molecule has 0 spiro atoms. The van der Waals surface area contributed by atoms with Crippen LogP contribution in [-0.4, -0.2) is 0 Å². The molecule has 0 saturated heterocycles. The smallest absolute Gasteiger partial charge is 0.0802 e. The normalized spacial score (nSPS) is 12.9. The molecule has 2 nitrogen and oxygen atoms in total. The second-order valence-corrected chi connectivity index (χ2v) is 5.42. The maximum atomic E-state index is 5.65. The monoisotopic (exact) mass is 246 g/mol. The van der Waals surface area contributed by atoms with Gasteiger partial charge < -0.3 is 0 Å². The van der Waals surface area contributed by atoms with Crippen molar-refractivity contribution in [1.82, 2.24) is 5.43 Å². The summed E-state index contributed by atoms with van der Waals surface area (Å²) in [4.78, 5) is 1.24. The van der Waals surface area contributed by atoms with Crippen molar-refractivity contribution in [3.8, 4) is 0 Å². The van der Waals surface area contributed by atoms with Crippen molar-refractivity contribution in [2.45, 2.75) is 25.8 Å². The van der Waals surface area contributed by atoms with Crippen molar-refractivity contribution < 1.29 is 0 Å². The van der Waals surface area contributed by atoms with Gasteiger partial charge in [-0.05, 0) is 28.5 Å². The van der Waals surface area contributed by atoms with Gasteiger partial charge in [-0.15, -0.1) is 11.3 Å². The van der Waals surface area contributed by atoms with E-state index in [-0.39, 0.29) is 6.04 Å². The summed E-state index contributed by atoms with van der Waals surface area (Å²) in [7, 11) is 0. The highest BCUT2D eigenvalue weighted by Crippen LogP contribution is 2.26. The van der Waals surface area contributed by atoms with Gasteiger partial charge in [0.05, 0.1) is 6.04 Å². The van der Waals surface area contributed by atoms with Crippen molar-refractivity contribution in [2.24, 2.45) is 5.84 Å². The first-order valence-electron chi connectivity index (χ1n) is 5.81. The SMILES string of the molecule is CC(C)c1ccc(C(NN)c2cccs2)cc1. The molecule has 1 aromatic carbocycles. The van der Waals surface area contributed by atoms with Gasteiger partial charge in [0.1, 0.15) is 0 Å². The number of hydrogen-bond donors (Lipinski definition) is 2. The Bertz CT molecular complexity index is 446. The van der Waals surface area contributed by atoms with Crippen LogP contribution in [0.1, 0.15) is 41.8 Å². The molecule has 1 unspecified atom stereocenters. The summed E-state index contributed by atoms with van der Waals surface area (Å²) in [6.07, 6.45) is 0. The number of nitrogens with one attached hydrogen (secondary N) is 1. The fraction of sp³-hybridized carbons (Fsp3) is 0.286. The average molecular weight is 246 g/mol. The molecule has 0 aliphatic heterocycles. The minimum Gasteiger partial charge on any atom is -0.271 e. The first kappa shape index (κ1) is 12.3. The molecule has 0 fully saturated rings. The molecular formula is C14H18N2S. The number of rotatable bonds is 4. The molecule has 1 aromatic heterocycles. The lowest BCUT2D eigenvalue weighted by atomic mass is 9.99. The van der Waals surface area contributed by atoms with E-state index in [0.29, 0.717) is 5.92 Å². The summed E-state index contributed by atoms with van der Waals surface area (Å²) < 4.78 is 0. The fourth-order valence-corrected chi connectivity index (χ4v) is 2.68. The summed E-state index contributed by atoms with van der Waals surface area (Å²) in [5.74, 6) is 6.22. The third-order valence-corrected chi connectivity index (χ3v) is 3.87. The molecule has 3 N–H and O–H groups in total. The Labute approximate surface area is 106 Å². The Morgan fingerprint density at radius 3 is 2.18 bits per heavy atom. The summed E-state index contributed by atoms with van der Waals surface area (Å²) >= 11 is 1.72. The first-order chi connectivity index (χ1) is 8.22. The van der Waals surface area contributed by atoms with Crippen LogP contribution >= 0.6 is 11.3 Å². The molecule has 0 radical (unpaired) electrons. The number of benzene rings is 1. The lowest BCUT2D eigenvalue weighted by molar-refractivity contribution is 0.646. The van der Waals surface area contributed by atoms with Crippen LogP contribution in [0.15, 0.2) is 41.8 Å². The van der Waals surface area contributed by atoms with Gasteiger partial charge in [0.25, 0.3) is 0 Å². The fourth-order valence-electron chi connectivity index (χ4n) is 1.87. The molecule has 0 saturated carbocycles. The van der Waals surface area contributed by atoms with E-state index in [4.69, 9.17) is 5.84 Å². The third-order valence-electron chi connectivity index (χ3n) is 2.93. The summed E-state index contributed by atoms with van der Waals surface area (Å²) in [6.45, 7) is 4.40. The zero-order valence-electron chi connectivity index (χ0n) is 10.2. The Kier molecular flexibility index (Phi) is 3.94. The molecule has 90 valence electrons. The summed E-state index contributed by atoms with van der Waals surface area (Å²) in [5.41, 5.74) is 5.44. The van der Waals surface area contributed by atoms with Crippen molar-refractivity contribution in [3.63, 3.8) is 0 Å². The van der Waals surface area contributed by atoms with Crippen LogP contribution in [0, 0.1) is 0 Å². The maximum absolute atomic E-state index is 5.65. The molecule has 2 rings (SSSR count). The van der Waals surface area contributed by atoms with E-state index in [2.05, 4.69) is 55.0 Å². The lowest BCUT2D eigenvalue weighted by Crippen LogP contribution is -2.28. The number of thiophene rings is 1. The summed E-state index contributed by atoms with van der Waals surface area (Å²) in [6, 6.07) is 12.9. The second kappa shape index (κ2) is 5.45. The largest absolute Gasteiger partial charge is 0.271 e. The van der Waals surface area contributed by atoms with Crippen LogP contribution in [0.3, 0.4) is 0 Å². The van der Waals surface area contributed by atoms with Crippen LogP contribution < -0.4 is 11.3 Å². The molecular weight excluding hydrogens is 228 g/mol.